The number of aliphatic hydroxyl groups is 1. The van der Waals surface area contributed by atoms with Crippen LogP contribution in [0.1, 0.15) is 38.2 Å². The fraction of sp³-hybridized carbons (Fsp3) is 0.571. The lowest BCUT2D eigenvalue weighted by atomic mass is 9.91. The van der Waals surface area contributed by atoms with Gasteiger partial charge in [-0.2, -0.15) is 5.10 Å². The lowest BCUT2D eigenvalue weighted by molar-refractivity contribution is -0.262. The molecule has 3 aliphatic heterocycles. The van der Waals surface area contributed by atoms with Crippen LogP contribution < -0.4 is 4.90 Å². The van der Waals surface area contributed by atoms with Gasteiger partial charge in [-0.1, -0.05) is 6.07 Å². The summed E-state index contributed by atoms with van der Waals surface area (Å²) in [5.41, 5.74) is 5.60. The van der Waals surface area contributed by atoms with Gasteiger partial charge in [0.15, 0.2) is 0 Å². The van der Waals surface area contributed by atoms with Crippen LogP contribution in [-0.2, 0) is 9.47 Å². The van der Waals surface area contributed by atoms with Gasteiger partial charge in [-0.05, 0) is 62.9 Å². The van der Waals surface area contributed by atoms with E-state index in [1.54, 1.807) is 0 Å². The predicted molar refractivity (Wildman–Crippen MR) is 143 cm³/mol. The third kappa shape index (κ3) is 5.24. The Bertz CT molecular complexity index is 1190. The molecule has 0 saturated carbocycles. The number of piperazine rings is 1. The van der Waals surface area contributed by atoms with Crippen LogP contribution in [0.25, 0.3) is 16.8 Å². The highest BCUT2D eigenvalue weighted by Crippen LogP contribution is 2.31. The second-order valence-electron chi connectivity index (χ2n) is 10.8. The monoisotopic (exact) mass is 506 g/mol. The van der Waals surface area contributed by atoms with Crippen molar-refractivity contribution in [1.29, 1.82) is 0 Å². The van der Waals surface area contributed by atoms with Crippen molar-refractivity contribution < 1.29 is 14.6 Å². The van der Waals surface area contributed by atoms with Crippen LogP contribution in [0.15, 0.2) is 42.9 Å². The van der Waals surface area contributed by atoms with Crippen molar-refractivity contribution in [2.75, 3.05) is 57.4 Å². The Labute approximate surface area is 218 Å². The highest BCUT2D eigenvalue weighted by molar-refractivity contribution is 5.79. The number of ether oxygens (including phenoxy) is 2. The summed E-state index contributed by atoms with van der Waals surface area (Å²) < 4.78 is 12.8. The first-order valence-electron chi connectivity index (χ1n) is 13.6. The molecule has 0 amide bonds. The quantitative estimate of drug-likeness (QED) is 0.490. The Morgan fingerprint density at radius 1 is 1.05 bits per heavy atom. The van der Waals surface area contributed by atoms with Gasteiger partial charge < -0.3 is 24.4 Å². The maximum atomic E-state index is 10.4. The van der Waals surface area contributed by atoms with Crippen LogP contribution in [0.5, 0.6) is 0 Å². The van der Waals surface area contributed by atoms with Crippen LogP contribution in [0.3, 0.4) is 0 Å². The normalized spacial score (nSPS) is 23.0. The average molecular weight is 507 g/mol. The average Bonchev–Trinajstić information content (AvgIpc) is 3.35. The van der Waals surface area contributed by atoms with E-state index in [0.717, 1.165) is 55.2 Å². The van der Waals surface area contributed by atoms with E-state index in [1.807, 2.05) is 15.6 Å². The molecule has 6 heterocycles. The van der Waals surface area contributed by atoms with Crippen LogP contribution in [0.2, 0.25) is 0 Å². The molecule has 0 spiro atoms. The SMILES string of the molecule is CC(C)N1CCC[C@H](c2ccc(-c3cc4c(N5CCN(C(O)OC6COC6)CC5)ccnn4c3)nc2)C1. The third-order valence-corrected chi connectivity index (χ3v) is 8.11. The molecule has 3 saturated heterocycles. The molecule has 9 nitrogen and oxygen atoms in total. The second-order valence-corrected chi connectivity index (χ2v) is 10.8. The molecule has 9 heteroatoms. The summed E-state index contributed by atoms with van der Waals surface area (Å²) in [6.45, 7) is 11.1. The number of rotatable bonds is 7. The number of likely N-dealkylation sites (tertiary alicyclic amines) is 1. The lowest BCUT2D eigenvalue weighted by Crippen LogP contribution is -2.53. The molecule has 3 fully saturated rings. The summed E-state index contributed by atoms with van der Waals surface area (Å²) in [5, 5.41) is 15.0. The van der Waals surface area contributed by atoms with Crippen molar-refractivity contribution in [3.8, 4) is 11.3 Å². The Morgan fingerprint density at radius 2 is 1.89 bits per heavy atom. The van der Waals surface area contributed by atoms with E-state index >= 15 is 0 Å². The minimum absolute atomic E-state index is 0.00654. The van der Waals surface area contributed by atoms with E-state index in [4.69, 9.17) is 14.5 Å². The summed E-state index contributed by atoms with van der Waals surface area (Å²) in [6, 6.07) is 9.27. The number of anilines is 1. The number of hydrogen-bond donors (Lipinski definition) is 1. The summed E-state index contributed by atoms with van der Waals surface area (Å²) in [4.78, 5) is 11.8. The fourth-order valence-electron chi connectivity index (χ4n) is 5.71. The maximum Gasteiger partial charge on any atom is 0.216 e. The van der Waals surface area contributed by atoms with Gasteiger partial charge in [-0.25, -0.2) is 4.52 Å². The molecule has 3 aromatic rings. The molecule has 198 valence electrons. The smallest absolute Gasteiger partial charge is 0.216 e. The lowest BCUT2D eigenvalue weighted by Gasteiger charge is -2.39. The van der Waals surface area contributed by atoms with Crippen molar-refractivity contribution in [1.82, 2.24) is 24.4 Å². The Kier molecular flexibility index (Phi) is 7.14. The van der Waals surface area contributed by atoms with E-state index in [1.165, 1.54) is 24.9 Å². The standard InChI is InChI=1S/C28H38N6O3/c1-20(2)33-9-3-4-22(16-33)21-5-6-25(29-15-21)23-14-27-26(7-8-30-34(27)17-23)31-10-12-32(13-11-31)28(35)37-24-18-36-19-24/h5-8,14-15,17,20,22,24,28,35H,3-4,9-13,16,18-19H2,1-2H3/t22-,28?/m0/s1. The van der Waals surface area contributed by atoms with Gasteiger partial charge in [0.2, 0.25) is 6.41 Å². The van der Waals surface area contributed by atoms with Gasteiger partial charge in [0, 0.05) is 62.9 Å². The Morgan fingerprint density at radius 3 is 2.59 bits per heavy atom. The zero-order chi connectivity index (χ0) is 25.4. The number of nitrogens with zero attached hydrogens (tertiary/aromatic N) is 6. The number of piperidine rings is 1. The number of pyridine rings is 1. The number of fused-ring (bicyclic) bond motifs is 1. The van der Waals surface area contributed by atoms with Gasteiger partial charge in [-0.3, -0.25) is 9.88 Å². The summed E-state index contributed by atoms with van der Waals surface area (Å²) in [6.07, 6.45) is 7.61. The van der Waals surface area contributed by atoms with Gasteiger partial charge in [0.1, 0.15) is 6.10 Å². The first kappa shape index (κ1) is 24.8. The molecule has 0 aliphatic carbocycles. The molecular formula is C28H38N6O3. The molecule has 0 aromatic carbocycles. The van der Waals surface area contributed by atoms with Crippen molar-refractivity contribution in [2.24, 2.45) is 0 Å². The van der Waals surface area contributed by atoms with Crippen molar-refractivity contribution in [2.45, 2.75) is 51.2 Å². The topological polar surface area (TPSA) is 78.6 Å². The zero-order valence-corrected chi connectivity index (χ0v) is 21.9. The summed E-state index contributed by atoms with van der Waals surface area (Å²) in [7, 11) is 0. The molecule has 0 bridgehead atoms. The number of aliphatic hydroxyl groups excluding tert-OH is 1. The highest BCUT2D eigenvalue weighted by atomic mass is 16.7. The van der Waals surface area contributed by atoms with Crippen molar-refractivity contribution in [3.05, 3.63) is 48.4 Å². The molecule has 37 heavy (non-hydrogen) atoms. The molecule has 0 radical (unpaired) electrons. The van der Waals surface area contributed by atoms with Gasteiger partial charge in [-0.15, -0.1) is 0 Å². The van der Waals surface area contributed by atoms with Crippen LogP contribution in [0, 0.1) is 0 Å². The second kappa shape index (κ2) is 10.7. The highest BCUT2D eigenvalue weighted by Gasteiger charge is 2.29. The van der Waals surface area contributed by atoms with Crippen LogP contribution in [-0.4, -0.2) is 101 Å². The van der Waals surface area contributed by atoms with E-state index in [9.17, 15) is 5.11 Å². The van der Waals surface area contributed by atoms with E-state index in [0.29, 0.717) is 25.2 Å². The Hall–Kier alpha value is -2.56. The van der Waals surface area contributed by atoms with Gasteiger partial charge in [0.05, 0.1) is 30.1 Å². The first-order valence-corrected chi connectivity index (χ1v) is 13.6. The van der Waals surface area contributed by atoms with Gasteiger partial charge in [0.25, 0.3) is 0 Å². The minimum Gasteiger partial charge on any atom is -0.376 e. The number of aromatic nitrogens is 3. The third-order valence-electron chi connectivity index (χ3n) is 8.11. The molecule has 3 aromatic heterocycles. The zero-order valence-electron chi connectivity index (χ0n) is 21.9. The minimum atomic E-state index is -0.871. The molecule has 6 rings (SSSR count). The summed E-state index contributed by atoms with van der Waals surface area (Å²) in [5.74, 6) is 0.559. The van der Waals surface area contributed by atoms with Crippen molar-refractivity contribution >= 4 is 11.2 Å². The molecule has 3 aliphatic rings. The van der Waals surface area contributed by atoms with E-state index in [2.05, 4.69) is 65.4 Å². The van der Waals surface area contributed by atoms with E-state index < -0.39 is 6.41 Å². The maximum absolute atomic E-state index is 10.4. The predicted octanol–water partition coefficient (Wildman–Crippen LogP) is 2.80. The Balaban J connectivity index is 1.14. The molecule has 1 N–H and O–H groups in total. The van der Waals surface area contributed by atoms with Crippen LogP contribution >= 0.6 is 0 Å². The number of hydrogen-bond acceptors (Lipinski definition) is 8. The van der Waals surface area contributed by atoms with E-state index in [-0.39, 0.29) is 6.10 Å². The molecule has 2 atom stereocenters. The molecule has 1 unspecified atom stereocenters. The largest absolute Gasteiger partial charge is 0.376 e. The molecular weight excluding hydrogens is 468 g/mol. The van der Waals surface area contributed by atoms with Crippen LogP contribution in [0.4, 0.5) is 5.69 Å². The first-order chi connectivity index (χ1) is 18.0. The summed E-state index contributed by atoms with van der Waals surface area (Å²) >= 11 is 0. The van der Waals surface area contributed by atoms with Gasteiger partial charge >= 0.3 is 0 Å². The fourth-order valence-corrected chi connectivity index (χ4v) is 5.71. The van der Waals surface area contributed by atoms with Crippen molar-refractivity contribution in [3.63, 3.8) is 0 Å².